The van der Waals surface area contributed by atoms with Gasteiger partial charge in [-0.15, -0.1) is 0 Å². The number of hydrogen-bond acceptors (Lipinski definition) is 3. The van der Waals surface area contributed by atoms with Crippen molar-refractivity contribution in [1.82, 2.24) is 15.2 Å². The van der Waals surface area contributed by atoms with Gasteiger partial charge in [-0.2, -0.15) is 0 Å². The molecule has 1 fully saturated rings. The van der Waals surface area contributed by atoms with Gasteiger partial charge in [0.15, 0.2) is 0 Å². The van der Waals surface area contributed by atoms with E-state index in [1.807, 2.05) is 29.2 Å². The van der Waals surface area contributed by atoms with E-state index in [1.54, 1.807) is 0 Å². The number of urea groups is 1. The molecule has 1 aliphatic heterocycles. The Bertz CT molecular complexity index is 944. The maximum Gasteiger partial charge on any atom is 0.312 e. The molecule has 142 valence electrons. The van der Waals surface area contributed by atoms with Crippen molar-refractivity contribution in [2.24, 2.45) is 11.7 Å². The summed E-state index contributed by atoms with van der Waals surface area (Å²) in [5.74, 6) is 0.0720. The Labute approximate surface area is 156 Å². The third-order valence-electron chi connectivity index (χ3n) is 5.85. The molecule has 0 saturated heterocycles. The first kappa shape index (κ1) is 17.6. The number of aromatic nitrogens is 1. The van der Waals surface area contributed by atoms with Crippen LogP contribution in [0.25, 0.3) is 10.9 Å². The number of H-pyrrole nitrogens is 1. The van der Waals surface area contributed by atoms with Crippen molar-refractivity contribution in [2.75, 3.05) is 6.54 Å². The summed E-state index contributed by atoms with van der Waals surface area (Å²) in [6.45, 7) is 1.01. The molecular weight excluding hydrogens is 344 g/mol. The number of carbonyl (C=O) groups is 2. The first-order valence-corrected chi connectivity index (χ1v) is 9.50. The van der Waals surface area contributed by atoms with Crippen LogP contribution in [0.5, 0.6) is 0 Å². The number of nitrogens with one attached hydrogen (secondary N) is 2. The average molecular weight is 368 g/mol. The largest absolute Gasteiger partial charge is 0.352 e. The number of rotatable bonds is 2. The van der Waals surface area contributed by atoms with Crippen molar-refractivity contribution in [1.29, 1.82) is 0 Å². The predicted octanol–water partition coefficient (Wildman–Crippen LogP) is 1.64. The van der Waals surface area contributed by atoms with Crippen molar-refractivity contribution < 1.29 is 9.59 Å². The van der Waals surface area contributed by atoms with Crippen LogP contribution in [0.15, 0.2) is 29.1 Å². The second kappa shape index (κ2) is 7.06. The number of carbonyl (C=O) groups excluding carboxylic acids is 2. The second-order valence-electron chi connectivity index (χ2n) is 7.52. The lowest BCUT2D eigenvalue weighted by Crippen LogP contribution is -2.45. The van der Waals surface area contributed by atoms with Gasteiger partial charge in [-0.1, -0.05) is 18.2 Å². The number of para-hydroxylation sites is 1. The zero-order valence-corrected chi connectivity index (χ0v) is 15.2. The van der Waals surface area contributed by atoms with Gasteiger partial charge in [-0.05, 0) is 43.7 Å². The molecular formula is C20H24N4O3. The summed E-state index contributed by atoms with van der Waals surface area (Å²) in [4.78, 5) is 41.2. The summed E-state index contributed by atoms with van der Waals surface area (Å²) in [5, 5.41) is 3.79. The molecule has 4 rings (SSSR count). The molecule has 1 aliphatic carbocycles. The topological polar surface area (TPSA) is 108 Å². The third-order valence-corrected chi connectivity index (χ3v) is 5.85. The van der Waals surface area contributed by atoms with Crippen LogP contribution in [-0.2, 0) is 17.8 Å². The lowest BCUT2D eigenvalue weighted by Gasteiger charge is -2.34. The Morgan fingerprint density at radius 1 is 1.11 bits per heavy atom. The van der Waals surface area contributed by atoms with Gasteiger partial charge >= 0.3 is 6.03 Å². The van der Waals surface area contributed by atoms with Crippen LogP contribution in [0, 0.1) is 5.92 Å². The number of fused-ring (bicyclic) bond motifs is 3. The lowest BCUT2D eigenvalue weighted by molar-refractivity contribution is -0.137. The first-order chi connectivity index (χ1) is 13.0. The molecule has 27 heavy (non-hydrogen) atoms. The molecule has 0 bridgehead atoms. The number of amides is 3. The molecule has 7 nitrogen and oxygen atoms in total. The summed E-state index contributed by atoms with van der Waals surface area (Å²) >= 11 is 0. The molecule has 0 radical (unpaired) electrons. The number of aromatic amines is 1. The van der Waals surface area contributed by atoms with E-state index in [1.165, 1.54) is 0 Å². The molecule has 2 aromatic rings. The minimum atomic E-state index is -0.510. The molecule has 0 unspecified atom stereocenters. The quantitative estimate of drug-likeness (QED) is 0.750. The number of hydrogen-bond donors (Lipinski definition) is 3. The van der Waals surface area contributed by atoms with Crippen molar-refractivity contribution in [3.63, 3.8) is 0 Å². The van der Waals surface area contributed by atoms with E-state index in [0.717, 1.165) is 42.1 Å². The van der Waals surface area contributed by atoms with Gasteiger partial charge < -0.3 is 20.9 Å². The van der Waals surface area contributed by atoms with E-state index >= 15 is 0 Å². The lowest BCUT2D eigenvalue weighted by atomic mass is 9.84. The molecule has 1 aromatic heterocycles. The zero-order valence-electron chi connectivity index (χ0n) is 15.2. The van der Waals surface area contributed by atoms with Crippen molar-refractivity contribution >= 4 is 22.8 Å². The summed E-state index contributed by atoms with van der Waals surface area (Å²) in [7, 11) is 0. The smallest absolute Gasteiger partial charge is 0.312 e. The molecule has 4 N–H and O–H groups in total. The molecule has 1 saturated carbocycles. The average Bonchev–Trinajstić information content (AvgIpc) is 2.67. The molecule has 0 atom stereocenters. The van der Waals surface area contributed by atoms with E-state index in [9.17, 15) is 14.4 Å². The van der Waals surface area contributed by atoms with E-state index in [2.05, 4.69) is 10.3 Å². The monoisotopic (exact) mass is 368 g/mol. The highest BCUT2D eigenvalue weighted by Crippen LogP contribution is 2.29. The van der Waals surface area contributed by atoms with Gasteiger partial charge in [0, 0.05) is 35.0 Å². The van der Waals surface area contributed by atoms with Gasteiger partial charge in [0.2, 0.25) is 5.91 Å². The summed E-state index contributed by atoms with van der Waals surface area (Å²) in [6, 6.07) is 7.36. The van der Waals surface area contributed by atoms with Crippen LogP contribution in [-0.4, -0.2) is 34.4 Å². The Morgan fingerprint density at radius 3 is 2.59 bits per heavy atom. The highest BCUT2D eigenvalue weighted by atomic mass is 16.2. The maximum absolute atomic E-state index is 13.0. The van der Waals surface area contributed by atoms with Crippen molar-refractivity contribution in [3.05, 3.63) is 45.7 Å². The van der Waals surface area contributed by atoms with Gasteiger partial charge in [-0.25, -0.2) is 4.79 Å². The highest BCUT2D eigenvalue weighted by molar-refractivity contribution is 5.84. The summed E-state index contributed by atoms with van der Waals surface area (Å²) < 4.78 is 0. The van der Waals surface area contributed by atoms with E-state index < -0.39 is 6.03 Å². The van der Waals surface area contributed by atoms with Gasteiger partial charge in [0.1, 0.15) is 0 Å². The van der Waals surface area contributed by atoms with Gasteiger partial charge in [0.05, 0.1) is 6.54 Å². The van der Waals surface area contributed by atoms with Crippen LogP contribution in [0.3, 0.4) is 0 Å². The molecule has 0 spiro atoms. The second-order valence-corrected chi connectivity index (χ2v) is 7.52. The number of primary amides is 1. The number of benzene rings is 1. The molecule has 3 amide bonds. The minimum absolute atomic E-state index is 0.0444. The Balaban J connectivity index is 1.48. The van der Waals surface area contributed by atoms with E-state index in [4.69, 9.17) is 5.73 Å². The van der Waals surface area contributed by atoms with Crippen molar-refractivity contribution in [3.8, 4) is 0 Å². The SMILES string of the molecule is NC(=O)NC1CCC(C(=O)N2CCc3c(c(=O)[nH]c4ccccc34)C2)CC1. The van der Waals surface area contributed by atoms with Crippen LogP contribution >= 0.6 is 0 Å². The normalized spacial score (nSPS) is 22.3. The fourth-order valence-electron chi connectivity index (χ4n) is 4.45. The van der Waals surface area contributed by atoms with Crippen molar-refractivity contribution in [2.45, 2.75) is 44.7 Å². The molecule has 2 heterocycles. The first-order valence-electron chi connectivity index (χ1n) is 9.50. The van der Waals surface area contributed by atoms with Gasteiger partial charge in [-0.3, -0.25) is 9.59 Å². The van der Waals surface area contributed by atoms with Crippen LogP contribution in [0.1, 0.15) is 36.8 Å². The zero-order chi connectivity index (χ0) is 19.0. The maximum atomic E-state index is 13.0. The Hall–Kier alpha value is -2.83. The third kappa shape index (κ3) is 3.41. The summed E-state index contributed by atoms with van der Waals surface area (Å²) in [6.07, 6.45) is 3.69. The van der Waals surface area contributed by atoms with Crippen LogP contribution in [0.2, 0.25) is 0 Å². The predicted molar refractivity (Wildman–Crippen MR) is 102 cm³/mol. The van der Waals surface area contributed by atoms with E-state index in [0.29, 0.717) is 25.1 Å². The fraction of sp³-hybridized carbons (Fsp3) is 0.450. The van der Waals surface area contributed by atoms with Crippen LogP contribution < -0.4 is 16.6 Å². The van der Waals surface area contributed by atoms with Crippen LogP contribution in [0.4, 0.5) is 4.79 Å². The number of pyridine rings is 1. The molecule has 2 aliphatic rings. The number of nitrogens with zero attached hydrogens (tertiary/aromatic N) is 1. The van der Waals surface area contributed by atoms with Gasteiger partial charge in [0.25, 0.3) is 5.56 Å². The molecule has 7 heteroatoms. The Morgan fingerprint density at radius 2 is 1.85 bits per heavy atom. The molecule has 1 aromatic carbocycles. The highest BCUT2D eigenvalue weighted by Gasteiger charge is 2.32. The number of nitrogens with two attached hydrogens (primary N) is 1. The standard InChI is InChI=1S/C20H24N4O3/c21-20(27)22-13-7-5-12(6-8-13)19(26)24-10-9-14-15-3-1-2-4-17(15)23-18(25)16(14)11-24/h1-4,12-13H,5-11H2,(H,23,25)(H3,21,22,27). The summed E-state index contributed by atoms with van der Waals surface area (Å²) in [5.41, 5.74) is 7.69. The fourth-order valence-corrected chi connectivity index (χ4v) is 4.45. The Kier molecular flexibility index (Phi) is 4.59. The van der Waals surface area contributed by atoms with E-state index in [-0.39, 0.29) is 23.4 Å². The minimum Gasteiger partial charge on any atom is -0.352 e.